The predicted molar refractivity (Wildman–Crippen MR) is 52.9 cm³/mol. The number of hydrogen-bond acceptors (Lipinski definition) is 2. The number of likely N-dealkylation sites (N-methyl/N-ethyl adjacent to an activating group) is 1. The number of carbonyl (C=O) groups is 1. The summed E-state index contributed by atoms with van der Waals surface area (Å²) in [5.41, 5.74) is 1.38. The molecule has 1 aliphatic heterocycles. The molecule has 4 heteroatoms. The molecule has 1 aliphatic rings. The highest BCUT2D eigenvalue weighted by Crippen LogP contribution is 2.30. The lowest BCUT2D eigenvalue weighted by atomic mass is 10.1. The molecule has 0 bridgehead atoms. The van der Waals surface area contributed by atoms with Crippen LogP contribution < -0.4 is 10.2 Å². The van der Waals surface area contributed by atoms with E-state index in [-0.39, 0.29) is 17.8 Å². The van der Waals surface area contributed by atoms with Gasteiger partial charge < -0.3 is 10.2 Å². The number of amides is 1. The quantitative estimate of drug-likeness (QED) is 0.680. The summed E-state index contributed by atoms with van der Waals surface area (Å²) in [6, 6.07) is 4.17. The van der Waals surface area contributed by atoms with Crippen LogP contribution >= 0.6 is 0 Å². The van der Waals surface area contributed by atoms with Gasteiger partial charge in [0.1, 0.15) is 11.9 Å². The molecule has 74 valence electrons. The minimum atomic E-state index is -0.341. The van der Waals surface area contributed by atoms with Crippen LogP contribution in [-0.2, 0) is 4.79 Å². The molecule has 3 nitrogen and oxygen atoms in total. The Morgan fingerprint density at radius 1 is 1.50 bits per heavy atom. The lowest BCUT2D eigenvalue weighted by molar-refractivity contribution is -0.117. The second kappa shape index (κ2) is 2.97. The van der Waals surface area contributed by atoms with Gasteiger partial charge in [0, 0.05) is 7.05 Å². The highest BCUT2D eigenvalue weighted by atomic mass is 19.1. The number of nitrogens with one attached hydrogen (secondary N) is 1. The molecule has 0 aliphatic carbocycles. The first-order chi connectivity index (χ1) is 6.59. The van der Waals surface area contributed by atoms with E-state index >= 15 is 0 Å². The van der Waals surface area contributed by atoms with Gasteiger partial charge in [0.2, 0.25) is 5.91 Å². The van der Waals surface area contributed by atoms with Gasteiger partial charge in [-0.3, -0.25) is 4.79 Å². The number of halogens is 1. The van der Waals surface area contributed by atoms with Crippen LogP contribution in [0.3, 0.4) is 0 Å². The first-order valence-corrected chi connectivity index (χ1v) is 4.43. The third-order valence-electron chi connectivity index (χ3n) is 2.56. The first kappa shape index (κ1) is 8.99. The summed E-state index contributed by atoms with van der Waals surface area (Å²) in [4.78, 5) is 13.2. The van der Waals surface area contributed by atoms with Crippen LogP contribution in [0.2, 0.25) is 0 Å². The molecule has 1 amide bonds. The average molecular weight is 194 g/mol. The van der Waals surface area contributed by atoms with Crippen LogP contribution in [0, 0.1) is 5.82 Å². The molecule has 0 fully saturated rings. The van der Waals surface area contributed by atoms with E-state index in [1.165, 1.54) is 12.1 Å². The maximum Gasteiger partial charge on any atom is 0.246 e. The molecular formula is C10H11FN2O. The molecule has 1 N–H and O–H groups in total. The Morgan fingerprint density at radius 2 is 2.21 bits per heavy atom. The largest absolute Gasteiger partial charge is 0.361 e. The lowest BCUT2D eigenvalue weighted by Gasteiger charge is -2.32. The summed E-state index contributed by atoms with van der Waals surface area (Å²) in [6.07, 6.45) is 0. The minimum absolute atomic E-state index is 0.106. The number of benzene rings is 1. The maximum absolute atomic E-state index is 12.9. The van der Waals surface area contributed by atoms with Crippen molar-refractivity contribution < 1.29 is 9.18 Å². The Morgan fingerprint density at radius 3 is 2.93 bits per heavy atom. The molecule has 0 saturated carbocycles. The molecule has 0 saturated heterocycles. The monoisotopic (exact) mass is 194 g/mol. The molecule has 0 spiro atoms. The van der Waals surface area contributed by atoms with E-state index in [0.29, 0.717) is 5.69 Å². The van der Waals surface area contributed by atoms with Crippen molar-refractivity contribution in [2.75, 3.05) is 17.3 Å². The second-order valence-electron chi connectivity index (χ2n) is 3.44. The zero-order valence-electron chi connectivity index (χ0n) is 8.04. The Hall–Kier alpha value is -1.58. The summed E-state index contributed by atoms with van der Waals surface area (Å²) in [6.45, 7) is 1.81. The topological polar surface area (TPSA) is 32.3 Å². The van der Waals surface area contributed by atoms with E-state index in [1.54, 1.807) is 6.07 Å². The highest BCUT2D eigenvalue weighted by molar-refractivity contribution is 6.03. The van der Waals surface area contributed by atoms with Crippen molar-refractivity contribution in [3.8, 4) is 0 Å². The number of carbonyl (C=O) groups excluding carboxylic acids is 1. The van der Waals surface area contributed by atoms with Crippen molar-refractivity contribution in [2.24, 2.45) is 0 Å². The number of nitrogens with zero attached hydrogens (tertiary/aromatic N) is 1. The summed E-state index contributed by atoms with van der Waals surface area (Å²) in [7, 11) is 1.82. The van der Waals surface area contributed by atoms with Crippen LogP contribution in [0.15, 0.2) is 18.2 Å². The van der Waals surface area contributed by atoms with E-state index in [2.05, 4.69) is 5.32 Å². The molecule has 0 radical (unpaired) electrons. The SMILES string of the molecule is CC1C(=O)Nc2cc(F)ccc2N1C. The molecule has 1 heterocycles. The van der Waals surface area contributed by atoms with E-state index in [4.69, 9.17) is 0 Å². The summed E-state index contributed by atoms with van der Waals surface area (Å²) < 4.78 is 12.9. The summed E-state index contributed by atoms with van der Waals surface area (Å²) >= 11 is 0. The molecule has 0 aromatic heterocycles. The Kier molecular flexibility index (Phi) is 1.91. The average Bonchev–Trinajstić information content (AvgIpc) is 2.14. The number of anilines is 2. The van der Waals surface area contributed by atoms with Gasteiger partial charge in [-0.1, -0.05) is 0 Å². The third-order valence-corrected chi connectivity index (χ3v) is 2.56. The Labute approximate surface area is 81.5 Å². The van der Waals surface area contributed by atoms with Crippen LogP contribution in [-0.4, -0.2) is 19.0 Å². The zero-order chi connectivity index (χ0) is 10.3. The molecule has 14 heavy (non-hydrogen) atoms. The van der Waals surface area contributed by atoms with Crippen molar-refractivity contribution in [2.45, 2.75) is 13.0 Å². The van der Waals surface area contributed by atoms with Gasteiger partial charge in [-0.25, -0.2) is 4.39 Å². The number of rotatable bonds is 0. The maximum atomic E-state index is 12.9. The fraction of sp³-hybridized carbons (Fsp3) is 0.300. The van der Waals surface area contributed by atoms with E-state index in [0.717, 1.165) is 5.69 Å². The van der Waals surface area contributed by atoms with Gasteiger partial charge in [-0.05, 0) is 25.1 Å². The second-order valence-corrected chi connectivity index (χ2v) is 3.44. The lowest BCUT2D eigenvalue weighted by Crippen LogP contribution is -2.43. The van der Waals surface area contributed by atoms with E-state index in [1.807, 2.05) is 18.9 Å². The van der Waals surface area contributed by atoms with Crippen molar-refractivity contribution in [1.29, 1.82) is 0 Å². The summed E-state index contributed by atoms with van der Waals surface area (Å²) in [5.74, 6) is -0.447. The minimum Gasteiger partial charge on any atom is -0.361 e. The molecule has 2 rings (SSSR count). The van der Waals surface area contributed by atoms with Crippen molar-refractivity contribution in [3.05, 3.63) is 24.0 Å². The number of hydrogen-bond donors (Lipinski definition) is 1. The Balaban J connectivity index is 2.50. The predicted octanol–water partition coefficient (Wildman–Crippen LogP) is 1.60. The fourth-order valence-electron chi connectivity index (χ4n) is 1.54. The Bertz CT molecular complexity index is 392. The van der Waals surface area contributed by atoms with Crippen LogP contribution in [0.25, 0.3) is 0 Å². The van der Waals surface area contributed by atoms with Gasteiger partial charge in [0.15, 0.2) is 0 Å². The van der Waals surface area contributed by atoms with Gasteiger partial charge in [-0.2, -0.15) is 0 Å². The normalized spacial score (nSPS) is 20.4. The van der Waals surface area contributed by atoms with Gasteiger partial charge >= 0.3 is 0 Å². The van der Waals surface area contributed by atoms with Gasteiger partial charge in [-0.15, -0.1) is 0 Å². The van der Waals surface area contributed by atoms with Crippen molar-refractivity contribution in [3.63, 3.8) is 0 Å². The number of fused-ring (bicyclic) bond motifs is 1. The highest BCUT2D eigenvalue weighted by Gasteiger charge is 2.26. The van der Waals surface area contributed by atoms with Gasteiger partial charge in [0.05, 0.1) is 11.4 Å². The van der Waals surface area contributed by atoms with Crippen LogP contribution in [0.1, 0.15) is 6.92 Å². The van der Waals surface area contributed by atoms with Crippen molar-refractivity contribution >= 4 is 17.3 Å². The van der Waals surface area contributed by atoms with Crippen LogP contribution in [0.4, 0.5) is 15.8 Å². The van der Waals surface area contributed by atoms with E-state index in [9.17, 15) is 9.18 Å². The van der Waals surface area contributed by atoms with Gasteiger partial charge in [0.25, 0.3) is 0 Å². The fourth-order valence-corrected chi connectivity index (χ4v) is 1.54. The summed E-state index contributed by atoms with van der Waals surface area (Å²) in [5, 5.41) is 2.66. The molecule has 1 unspecified atom stereocenters. The molecule has 1 aromatic rings. The molecule has 1 atom stereocenters. The first-order valence-electron chi connectivity index (χ1n) is 4.43. The standard InChI is InChI=1S/C10H11FN2O/c1-6-10(14)12-8-5-7(11)3-4-9(8)13(6)2/h3-6H,1-2H3,(H,12,14). The van der Waals surface area contributed by atoms with Crippen LogP contribution in [0.5, 0.6) is 0 Å². The zero-order valence-corrected chi connectivity index (χ0v) is 8.04. The molecular weight excluding hydrogens is 183 g/mol. The molecule has 1 aromatic carbocycles. The third kappa shape index (κ3) is 1.23. The van der Waals surface area contributed by atoms with Crippen molar-refractivity contribution in [1.82, 2.24) is 0 Å². The van der Waals surface area contributed by atoms with E-state index < -0.39 is 0 Å². The smallest absolute Gasteiger partial charge is 0.246 e.